The monoisotopic (exact) mass is 439 g/mol. The highest BCUT2D eigenvalue weighted by Crippen LogP contribution is 2.39. The second kappa shape index (κ2) is 7.10. The lowest BCUT2D eigenvalue weighted by Crippen LogP contribution is -2.42. The predicted octanol–water partition coefficient (Wildman–Crippen LogP) is 2.90. The lowest BCUT2D eigenvalue weighted by Gasteiger charge is -2.34. The number of anilines is 1. The van der Waals surface area contributed by atoms with Crippen molar-refractivity contribution in [1.29, 1.82) is 0 Å². The first-order valence-corrected chi connectivity index (χ1v) is 10.3. The number of benzene rings is 2. The highest BCUT2D eigenvalue weighted by molar-refractivity contribution is 7.90. The number of hydrogen-bond acceptors (Lipinski definition) is 5. The van der Waals surface area contributed by atoms with E-state index >= 15 is 0 Å². The highest BCUT2D eigenvalue weighted by Gasteiger charge is 2.39. The van der Waals surface area contributed by atoms with E-state index in [0.29, 0.717) is 5.69 Å². The molecule has 2 aromatic carbocycles. The van der Waals surface area contributed by atoms with Crippen LogP contribution in [0.25, 0.3) is 0 Å². The van der Waals surface area contributed by atoms with Crippen LogP contribution >= 0.6 is 0 Å². The van der Waals surface area contributed by atoms with E-state index in [1.54, 1.807) is 18.2 Å². The van der Waals surface area contributed by atoms with Crippen molar-refractivity contribution in [1.82, 2.24) is 4.90 Å². The lowest BCUT2D eigenvalue weighted by atomic mass is 9.86. The molecule has 4 rings (SSSR count). The van der Waals surface area contributed by atoms with Crippen LogP contribution in [0.15, 0.2) is 51.8 Å². The minimum absolute atomic E-state index is 0.000472. The molecule has 0 amide bonds. The number of para-hydroxylation sites is 1. The summed E-state index contributed by atoms with van der Waals surface area (Å²) in [4.78, 5) is 13.2. The van der Waals surface area contributed by atoms with Gasteiger partial charge in [0.2, 0.25) is 0 Å². The zero-order valence-corrected chi connectivity index (χ0v) is 16.2. The summed E-state index contributed by atoms with van der Waals surface area (Å²) in [6.07, 6.45) is -4.64. The standard InChI is InChI=1S/C19H16F3N3O4S/c20-19(21,22)14-5-3-4-11-12(14)8-25(9-13(11)18(26)27)10-17-23-15-6-1-2-7-16(15)30(28,29)24-17/h1-7,13H,8-10H2,(H,23,24)(H,26,27). The lowest BCUT2D eigenvalue weighted by molar-refractivity contribution is -0.142. The van der Waals surface area contributed by atoms with E-state index in [0.717, 1.165) is 6.07 Å². The second-order valence-electron chi connectivity index (χ2n) is 7.07. The quantitative estimate of drug-likeness (QED) is 0.763. The van der Waals surface area contributed by atoms with Crippen LogP contribution < -0.4 is 5.32 Å². The van der Waals surface area contributed by atoms with Gasteiger partial charge in [-0.1, -0.05) is 24.3 Å². The fourth-order valence-corrected chi connectivity index (χ4v) is 4.94. The number of aliphatic carboxylic acids is 1. The molecule has 2 N–H and O–H groups in total. The smallest absolute Gasteiger partial charge is 0.416 e. The molecule has 0 aliphatic carbocycles. The van der Waals surface area contributed by atoms with E-state index in [-0.39, 0.29) is 41.5 Å². The van der Waals surface area contributed by atoms with Crippen molar-refractivity contribution in [3.05, 3.63) is 59.2 Å². The molecule has 0 saturated carbocycles. The van der Waals surface area contributed by atoms with Gasteiger partial charge in [-0.2, -0.15) is 21.6 Å². The van der Waals surface area contributed by atoms with Crippen LogP contribution in [0.1, 0.15) is 22.6 Å². The van der Waals surface area contributed by atoms with E-state index in [4.69, 9.17) is 0 Å². The molecule has 0 fully saturated rings. The average Bonchev–Trinajstić information content (AvgIpc) is 2.65. The summed E-state index contributed by atoms with van der Waals surface area (Å²) < 4.78 is 68.9. The zero-order valence-electron chi connectivity index (χ0n) is 15.3. The van der Waals surface area contributed by atoms with E-state index < -0.39 is 33.7 Å². The van der Waals surface area contributed by atoms with Crippen molar-refractivity contribution in [3.8, 4) is 0 Å². The van der Waals surface area contributed by atoms with Gasteiger partial charge in [0, 0.05) is 13.1 Å². The van der Waals surface area contributed by atoms with Gasteiger partial charge in [-0.25, -0.2) is 0 Å². The van der Waals surface area contributed by atoms with Crippen LogP contribution in [0.3, 0.4) is 0 Å². The van der Waals surface area contributed by atoms with Crippen LogP contribution in [0.2, 0.25) is 0 Å². The molecule has 0 radical (unpaired) electrons. The van der Waals surface area contributed by atoms with Crippen LogP contribution in [-0.2, 0) is 27.5 Å². The SMILES string of the molecule is O=C(O)C1CN(CC2=NS(=O)(=O)c3ccccc3N2)Cc2c1cccc2C(F)(F)F. The Labute approximate surface area is 169 Å². The number of carbonyl (C=O) groups is 1. The Morgan fingerprint density at radius 2 is 1.93 bits per heavy atom. The van der Waals surface area contributed by atoms with Crippen molar-refractivity contribution in [2.75, 3.05) is 18.4 Å². The minimum Gasteiger partial charge on any atom is -0.481 e. The number of rotatable bonds is 3. The number of halogens is 3. The van der Waals surface area contributed by atoms with Gasteiger partial charge in [0.15, 0.2) is 0 Å². The molecular formula is C19H16F3N3O4S. The Kier molecular flexibility index (Phi) is 4.82. The summed E-state index contributed by atoms with van der Waals surface area (Å²) in [5.74, 6) is -2.41. The van der Waals surface area contributed by atoms with Crippen molar-refractivity contribution in [2.24, 2.45) is 4.40 Å². The molecule has 0 bridgehead atoms. The van der Waals surface area contributed by atoms with Gasteiger partial charge in [0.1, 0.15) is 10.7 Å². The van der Waals surface area contributed by atoms with Gasteiger partial charge in [0.25, 0.3) is 10.0 Å². The molecular weight excluding hydrogens is 423 g/mol. The largest absolute Gasteiger partial charge is 0.481 e. The predicted molar refractivity (Wildman–Crippen MR) is 102 cm³/mol. The molecule has 11 heteroatoms. The Hall–Kier alpha value is -2.92. The molecule has 1 atom stereocenters. The molecule has 30 heavy (non-hydrogen) atoms. The van der Waals surface area contributed by atoms with Crippen molar-refractivity contribution in [2.45, 2.75) is 23.5 Å². The van der Waals surface area contributed by atoms with Crippen LogP contribution in [0.4, 0.5) is 18.9 Å². The third-order valence-corrected chi connectivity index (χ3v) is 6.43. The van der Waals surface area contributed by atoms with Gasteiger partial charge in [-0.05, 0) is 29.3 Å². The van der Waals surface area contributed by atoms with Gasteiger partial charge in [-0.3, -0.25) is 9.69 Å². The maximum Gasteiger partial charge on any atom is 0.416 e. The van der Waals surface area contributed by atoms with Gasteiger partial charge in [-0.15, -0.1) is 4.40 Å². The second-order valence-corrected chi connectivity index (χ2v) is 8.64. The van der Waals surface area contributed by atoms with Crippen molar-refractivity contribution in [3.63, 3.8) is 0 Å². The van der Waals surface area contributed by atoms with Crippen molar-refractivity contribution < 1.29 is 31.5 Å². The molecule has 2 aliphatic heterocycles. The minimum atomic E-state index is -4.64. The Morgan fingerprint density at radius 1 is 1.20 bits per heavy atom. The van der Waals surface area contributed by atoms with Gasteiger partial charge in [0.05, 0.1) is 23.7 Å². The summed E-state index contributed by atoms with van der Waals surface area (Å²) in [7, 11) is -3.96. The van der Waals surface area contributed by atoms with E-state index in [1.165, 1.54) is 23.1 Å². The van der Waals surface area contributed by atoms with Crippen molar-refractivity contribution >= 4 is 27.5 Å². The highest BCUT2D eigenvalue weighted by atomic mass is 32.2. The number of nitrogens with zero attached hydrogens (tertiary/aromatic N) is 2. The molecule has 0 saturated heterocycles. The molecule has 0 aromatic heterocycles. The average molecular weight is 439 g/mol. The van der Waals surface area contributed by atoms with Crippen LogP contribution in [0.5, 0.6) is 0 Å². The molecule has 7 nitrogen and oxygen atoms in total. The number of alkyl halides is 3. The number of sulfonamides is 1. The van der Waals surface area contributed by atoms with E-state index in [1.807, 2.05) is 0 Å². The number of fused-ring (bicyclic) bond motifs is 2. The number of nitrogens with one attached hydrogen (secondary N) is 1. The van der Waals surface area contributed by atoms with Gasteiger partial charge >= 0.3 is 12.1 Å². The normalized spacial score (nSPS) is 20.5. The first kappa shape index (κ1) is 20.4. The Bertz CT molecular complexity index is 1160. The molecule has 2 aromatic rings. The fraction of sp³-hybridized carbons (Fsp3) is 0.263. The summed E-state index contributed by atoms with van der Waals surface area (Å²) in [5.41, 5.74) is -0.591. The first-order valence-electron chi connectivity index (χ1n) is 8.90. The summed E-state index contributed by atoms with van der Waals surface area (Å²) in [5, 5.41) is 12.4. The molecule has 0 spiro atoms. The number of carboxylic acids is 1. The zero-order chi connectivity index (χ0) is 21.7. The van der Waals surface area contributed by atoms with Crippen LogP contribution in [-0.4, -0.2) is 43.3 Å². The maximum atomic E-state index is 13.5. The summed E-state index contributed by atoms with van der Waals surface area (Å²) >= 11 is 0. The Morgan fingerprint density at radius 3 is 2.63 bits per heavy atom. The third kappa shape index (κ3) is 3.65. The summed E-state index contributed by atoms with van der Waals surface area (Å²) in [6, 6.07) is 9.63. The fourth-order valence-electron chi connectivity index (χ4n) is 3.80. The molecule has 158 valence electrons. The molecule has 2 heterocycles. The topological polar surface area (TPSA) is 99.1 Å². The summed E-state index contributed by atoms with van der Waals surface area (Å²) in [6.45, 7) is -0.411. The number of hydrogen-bond donors (Lipinski definition) is 2. The number of amidine groups is 1. The number of carboxylic acid groups (broad SMARTS) is 1. The van der Waals surface area contributed by atoms with Crippen LogP contribution in [0, 0.1) is 0 Å². The maximum absolute atomic E-state index is 13.5. The van der Waals surface area contributed by atoms with E-state index in [9.17, 15) is 31.5 Å². The van der Waals surface area contributed by atoms with Gasteiger partial charge < -0.3 is 10.4 Å². The first-order chi connectivity index (χ1) is 14.1. The third-order valence-electron chi connectivity index (χ3n) is 5.06. The molecule has 2 aliphatic rings. The van der Waals surface area contributed by atoms with E-state index in [2.05, 4.69) is 9.71 Å². The molecule has 1 unspecified atom stereocenters. The Balaban J connectivity index is 1.68.